The third-order valence-electron chi connectivity index (χ3n) is 3.85. The van der Waals surface area contributed by atoms with E-state index < -0.39 is 5.97 Å². The molecule has 1 rings (SSSR count). The van der Waals surface area contributed by atoms with E-state index in [0.29, 0.717) is 6.41 Å². The zero-order valence-corrected chi connectivity index (χ0v) is 19.4. The molecule has 170 valence electrons. The second-order valence-electron chi connectivity index (χ2n) is 8.04. The minimum absolute atomic E-state index is 0.0736. The van der Waals surface area contributed by atoms with Gasteiger partial charge in [0.15, 0.2) is 0 Å². The molecule has 1 fully saturated rings. The minimum Gasteiger partial charge on any atom is -0.478 e. The predicted octanol–water partition coefficient (Wildman–Crippen LogP) is 1.86. The normalized spacial score (nSPS) is 15.4. The molecule has 0 saturated carbocycles. The number of carbonyl (C=O) groups excluding carboxylic acids is 2. The van der Waals surface area contributed by atoms with Crippen molar-refractivity contribution < 1.29 is 24.2 Å². The summed E-state index contributed by atoms with van der Waals surface area (Å²) >= 11 is 0. The highest BCUT2D eigenvalue weighted by atomic mass is 16.5. The van der Waals surface area contributed by atoms with E-state index in [2.05, 4.69) is 38.0 Å². The number of ether oxygens (including phenoxy) is 1. The van der Waals surface area contributed by atoms with Crippen LogP contribution in [0.2, 0.25) is 0 Å². The standard InChI is InChI=1S/C12H20N2O4.C5H11NO.C4H10/c1-8(2)10(5-9(3)12(17)18)14(4)11(16)6-13-7-15;1-6-2-4-7-5-3-6;1-4(2)3/h5,7-8,10H,6H2,1-4H3,(H,13,15)(H,17,18);2-5H2,1H3;4H,1-3H3/b9-5+;;/t10-;;/m1../s1. The Kier molecular flexibility index (Phi) is 17.1. The molecule has 8 heteroatoms. The van der Waals surface area contributed by atoms with Crippen LogP contribution in [0.5, 0.6) is 0 Å². The van der Waals surface area contributed by atoms with E-state index >= 15 is 0 Å². The number of morpholine rings is 1. The summed E-state index contributed by atoms with van der Waals surface area (Å²) in [6, 6.07) is -0.318. The van der Waals surface area contributed by atoms with E-state index in [1.807, 2.05) is 13.8 Å². The van der Waals surface area contributed by atoms with E-state index in [9.17, 15) is 14.4 Å². The molecule has 8 nitrogen and oxygen atoms in total. The summed E-state index contributed by atoms with van der Waals surface area (Å²) in [6.45, 7) is 15.7. The topological polar surface area (TPSA) is 99.2 Å². The fourth-order valence-electron chi connectivity index (χ4n) is 2.15. The molecule has 0 aromatic carbocycles. The van der Waals surface area contributed by atoms with Gasteiger partial charge in [0.25, 0.3) is 0 Å². The molecular formula is C21H41N3O5. The monoisotopic (exact) mass is 415 g/mol. The van der Waals surface area contributed by atoms with Crippen LogP contribution in [0.25, 0.3) is 0 Å². The highest BCUT2D eigenvalue weighted by Gasteiger charge is 2.21. The molecule has 1 aliphatic heterocycles. The van der Waals surface area contributed by atoms with Crippen LogP contribution in [0.4, 0.5) is 0 Å². The number of likely N-dealkylation sites (N-methyl/N-ethyl adjacent to an activating group) is 2. The number of carboxylic acid groups (broad SMARTS) is 1. The van der Waals surface area contributed by atoms with Crippen molar-refractivity contribution in [2.45, 2.75) is 47.6 Å². The first-order valence-electron chi connectivity index (χ1n) is 10.0. The Bertz CT molecular complexity index is 498. The van der Waals surface area contributed by atoms with Crippen LogP contribution < -0.4 is 5.32 Å². The second kappa shape index (κ2) is 17.0. The highest BCUT2D eigenvalue weighted by molar-refractivity contribution is 5.86. The van der Waals surface area contributed by atoms with E-state index in [0.717, 1.165) is 32.2 Å². The third kappa shape index (κ3) is 16.7. The molecule has 1 atom stereocenters. The van der Waals surface area contributed by atoms with Gasteiger partial charge in [-0.2, -0.15) is 0 Å². The largest absolute Gasteiger partial charge is 0.478 e. The van der Waals surface area contributed by atoms with Gasteiger partial charge in [-0.1, -0.05) is 40.7 Å². The molecule has 29 heavy (non-hydrogen) atoms. The third-order valence-corrected chi connectivity index (χ3v) is 3.85. The van der Waals surface area contributed by atoms with Crippen molar-refractivity contribution in [2.24, 2.45) is 11.8 Å². The van der Waals surface area contributed by atoms with Crippen LogP contribution in [0.1, 0.15) is 41.5 Å². The Morgan fingerprint density at radius 2 is 1.66 bits per heavy atom. The van der Waals surface area contributed by atoms with Crippen LogP contribution in [0, 0.1) is 11.8 Å². The molecule has 1 saturated heterocycles. The van der Waals surface area contributed by atoms with Gasteiger partial charge in [-0.15, -0.1) is 0 Å². The van der Waals surface area contributed by atoms with Gasteiger partial charge < -0.3 is 25.0 Å². The summed E-state index contributed by atoms with van der Waals surface area (Å²) in [5.41, 5.74) is 0.191. The van der Waals surface area contributed by atoms with E-state index in [1.165, 1.54) is 11.8 Å². The van der Waals surface area contributed by atoms with Crippen molar-refractivity contribution >= 4 is 18.3 Å². The Labute approximate surface area is 176 Å². The molecule has 2 amide bonds. The number of hydrogen-bond acceptors (Lipinski definition) is 5. The van der Waals surface area contributed by atoms with Crippen molar-refractivity contribution in [3.05, 3.63) is 11.6 Å². The fourth-order valence-corrected chi connectivity index (χ4v) is 2.15. The lowest BCUT2D eigenvalue weighted by Crippen LogP contribution is -2.43. The molecule has 2 N–H and O–H groups in total. The Balaban J connectivity index is 0. The lowest BCUT2D eigenvalue weighted by Gasteiger charge is -2.29. The number of carboxylic acids is 1. The zero-order valence-electron chi connectivity index (χ0n) is 19.4. The number of carbonyl (C=O) groups is 3. The molecule has 0 unspecified atom stereocenters. The van der Waals surface area contributed by atoms with Crippen LogP contribution in [0.3, 0.4) is 0 Å². The number of nitrogens with zero attached hydrogens (tertiary/aromatic N) is 2. The number of rotatable bonds is 7. The van der Waals surface area contributed by atoms with Crippen molar-refractivity contribution in [3.63, 3.8) is 0 Å². The molecule has 1 aliphatic rings. The van der Waals surface area contributed by atoms with Gasteiger partial charge in [0.1, 0.15) is 0 Å². The van der Waals surface area contributed by atoms with E-state index in [-0.39, 0.29) is 30.0 Å². The van der Waals surface area contributed by atoms with E-state index in [4.69, 9.17) is 9.84 Å². The predicted molar refractivity (Wildman–Crippen MR) is 116 cm³/mol. The average Bonchev–Trinajstić information content (AvgIpc) is 2.63. The van der Waals surface area contributed by atoms with Gasteiger partial charge in [-0.25, -0.2) is 4.79 Å². The summed E-state index contributed by atoms with van der Waals surface area (Å²) in [7, 11) is 3.70. The van der Waals surface area contributed by atoms with Crippen molar-refractivity contribution in [2.75, 3.05) is 46.9 Å². The minimum atomic E-state index is -1.01. The number of hydrogen-bond donors (Lipinski definition) is 2. The molecule has 0 spiro atoms. The number of nitrogens with one attached hydrogen (secondary N) is 1. The zero-order chi connectivity index (χ0) is 23.0. The first-order valence-corrected chi connectivity index (χ1v) is 10.0. The van der Waals surface area contributed by atoms with Gasteiger partial charge in [-0.05, 0) is 25.8 Å². The van der Waals surface area contributed by atoms with Crippen molar-refractivity contribution in [3.8, 4) is 0 Å². The maximum atomic E-state index is 11.7. The van der Waals surface area contributed by atoms with Gasteiger partial charge in [0.05, 0.1) is 25.8 Å². The first-order chi connectivity index (χ1) is 13.4. The quantitative estimate of drug-likeness (QED) is 0.486. The Morgan fingerprint density at radius 1 is 1.17 bits per heavy atom. The summed E-state index contributed by atoms with van der Waals surface area (Å²) < 4.78 is 5.10. The average molecular weight is 416 g/mol. The lowest BCUT2D eigenvalue weighted by atomic mass is 10.00. The van der Waals surface area contributed by atoms with Crippen LogP contribution >= 0.6 is 0 Å². The maximum absolute atomic E-state index is 11.7. The van der Waals surface area contributed by atoms with Crippen molar-refractivity contribution in [1.82, 2.24) is 15.1 Å². The lowest BCUT2D eigenvalue weighted by molar-refractivity contribution is -0.133. The van der Waals surface area contributed by atoms with E-state index in [1.54, 1.807) is 13.1 Å². The molecule has 0 radical (unpaired) electrons. The maximum Gasteiger partial charge on any atom is 0.331 e. The Morgan fingerprint density at radius 3 is 1.97 bits per heavy atom. The number of aliphatic carboxylic acids is 1. The molecule has 0 aromatic heterocycles. The number of amides is 2. The molecule has 1 heterocycles. The van der Waals surface area contributed by atoms with Crippen LogP contribution in [0.15, 0.2) is 11.6 Å². The second-order valence-corrected chi connectivity index (χ2v) is 8.04. The van der Waals surface area contributed by atoms with Gasteiger partial charge in [-0.3, -0.25) is 9.59 Å². The summed E-state index contributed by atoms with van der Waals surface area (Å²) in [5, 5.41) is 11.1. The van der Waals surface area contributed by atoms with Gasteiger partial charge >= 0.3 is 5.97 Å². The smallest absolute Gasteiger partial charge is 0.331 e. The Hall–Kier alpha value is -1.93. The molecule has 0 bridgehead atoms. The summed E-state index contributed by atoms with van der Waals surface area (Å²) in [5.74, 6) is -0.368. The summed E-state index contributed by atoms with van der Waals surface area (Å²) in [6.07, 6.45) is 2.00. The first kappa shape index (κ1) is 29.3. The highest BCUT2D eigenvalue weighted by Crippen LogP contribution is 2.13. The summed E-state index contributed by atoms with van der Waals surface area (Å²) in [4.78, 5) is 36.4. The van der Waals surface area contributed by atoms with Gasteiger partial charge in [0.2, 0.25) is 12.3 Å². The molecule has 0 aliphatic carbocycles. The molecular weight excluding hydrogens is 374 g/mol. The van der Waals surface area contributed by atoms with Crippen LogP contribution in [-0.2, 0) is 19.1 Å². The van der Waals surface area contributed by atoms with Crippen molar-refractivity contribution in [1.29, 1.82) is 0 Å². The van der Waals surface area contributed by atoms with Crippen LogP contribution in [-0.4, -0.2) is 86.2 Å². The SMILES string of the molecule is C/C(=C\[C@H](C(C)C)N(C)C(=O)CNC=O)C(=O)O.CC(C)C.CN1CCOCC1. The fraction of sp³-hybridized carbons (Fsp3) is 0.762. The molecule has 0 aromatic rings. The van der Waals surface area contributed by atoms with Gasteiger partial charge in [0, 0.05) is 25.7 Å².